The van der Waals surface area contributed by atoms with Crippen molar-refractivity contribution in [2.45, 2.75) is 32.2 Å². The quantitative estimate of drug-likeness (QED) is 0.725. The van der Waals surface area contributed by atoms with Gasteiger partial charge < -0.3 is 16.5 Å². The van der Waals surface area contributed by atoms with Crippen LogP contribution in [0.5, 0.6) is 0 Å². The smallest absolute Gasteiger partial charge is 0.238 e. The minimum Gasteiger partial charge on any atom is -0.368 e. The van der Waals surface area contributed by atoms with E-state index in [0.29, 0.717) is 12.8 Å². The predicted octanol–water partition coefficient (Wildman–Crippen LogP) is 1.65. The van der Waals surface area contributed by atoms with Gasteiger partial charge in [0.2, 0.25) is 5.91 Å². The molecule has 2 aromatic rings. The Morgan fingerprint density at radius 2 is 1.95 bits per heavy atom. The van der Waals surface area contributed by atoms with E-state index in [1.165, 1.54) is 0 Å². The van der Waals surface area contributed by atoms with Crippen molar-refractivity contribution in [1.82, 2.24) is 9.97 Å². The number of primary amides is 1. The van der Waals surface area contributed by atoms with Gasteiger partial charge in [-0.25, -0.2) is 4.98 Å². The number of hydrogen-bond donors (Lipinski definition) is 3. The van der Waals surface area contributed by atoms with E-state index >= 15 is 0 Å². The first-order valence-corrected chi connectivity index (χ1v) is 7.54. The number of benzene rings is 1. The molecule has 0 bridgehead atoms. The van der Waals surface area contributed by atoms with E-state index < -0.39 is 11.4 Å². The summed E-state index contributed by atoms with van der Waals surface area (Å²) in [7, 11) is 0. The normalized spacial score (nSPS) is 15.5. The van der Waals surface area contributed by atoms with E-state index in [2.05, 4.69) is 9.97 Å². The Hall–Kier alpha value is -2.14. The fourth-order valence-corrected chi connectivity index (χ4v) is 2.93. The molecule has 0 radical (unpaired) electrons. The molecule has 2 atom stereocenters. The van der Waals surface area contributed by atoms with Crippen LogP contribution in [-0.2, 0) is 17.6 Å². The van der Waals surface area contributed by atoms with Gasteiger partial charge >= 0.3 is 0 Å². The van der Waals surface area contributed by atoms with E-state index in [0.717, 1.165) is 11.3 Å². The number of nitrogens with zero attached hydrogens (tertiary/aromatic N) is 1. The minimum absolute atomic E-state index is 0.0540. The fraction of sp³-hybridized carbons (Fsp3) is 0.412. The van der Waals surface area contributed by atoms with Gasteiger partial charge in [-0.2, -0.15) is 0 Å². The van der Waals surface area contributed by atoms with Crippen LogP contribution in [0.2, 0.25) is 0 Å². The van der Waals surface area contributed by atoms with Crippen LogP contribution in [0.3, 0.4) is 0 Å². The molecule has 0 aliphatic rings. The first-order chi connectivity index (χ1) is 10.4. The highest BCUT2D eigenvalue weighted by Gasteiger charge is 2.43. The van der Waals surface area contributed by atoms with Crippen LogP contribution in [0.4, 0.5) is 0 Å². The average molecular weight is 300 g/mol. The summed E-state index contributed by atoms with van der Waals surface area (Å²) in [4.78, 5) is 19.2. The lowest BCUT2D eigenvalue weighted by molar-refractivity contribution is -0.127. The second kappa shape index (κ2) is 6.75. The third kappa shape index (κ3) is 3.36. The molecule has 5 N–H and O–H groups in total. The summed E-state index contributed by atoms with van der Waals surface area (Å²) in [5.74, 6) is -0.613. The fourth-order valence-electron chi connectivity index (χ4n) is 2.93. The number of carbonyl (C=O) groups is 1. The number of amides is 1. The molecule has 0 fully saturated rings. The molecule has 1 unspecified atom stereocenters. The molecular formula is C17H24N4O. The van der Waals surface area contributed by atoms with E-state index in [-0.39, 0.29) is 11.8 Å². The van der Waals surface area contributed by atoms with Gasteiger partial charge in [0.05, 0.1) is 6.33 Å². The number of H-pyrrole nitrogens is 1. The van der Waals surface area contributed by atoms with Crippen molar-refractivity contribution in [2.24, 2.45) is 23.3 Å². The molecule has 0 aliphatic heterocycles. The van der Waals surface area contributed by atoms with Crippen molar-refractivity contribution in [1.29, 1.82) is 0 Å². The molecule has 0 aliphatic carbocycles. The first-order valence-electron chi connectivity index (χ1n) is 7.54. The number of aromatic amines is 1. The van der Waals surface area contributed by atoms with Crippen molar-refractivity contribution in [3.63, 3.8) is 0 Å². The molecule has 2 rings (SSSR count). The van der Waals surface area contributed by atoms with Gasteiger partial charge in [-0.05, 0) is 30.2 Å². The molecule has 1 heterocycles. The Balaban J connectivity index is 2.33. The van der Waals surface area contributed by atoms with Gasteiger partial charge in [0.1, 0.15) is 5.54 Å². The summed E-state index contributed by atoms with van der Waals surface area (Å²) in [5, 5.41) is 0. The second-order valence-corrected chi connectivity index (χ2v) is 6.12. The molecule has 22 heavy (non-hydrogen) atoms. The molecule has 5 heteroatoms. The van der Waals surface area contributed by atoms with Crippen LogP contribution in [0.1, 0.15) is 25.1 Å². The Labute approximate surface area is 131 Å². The van der Waals surface area contributed by atoms with Crippen molar-refractivity contribution in [2.75, 3.05) is 0 Å². The Bertz CT molecular complexity index is 594. The largest absolute Gasteiger partial charge is 0.368 e. The lowest BCUT2D eigenvalue weighted by Gasteiger charge is -2.38. The number of imidazole rings is 1. The summed E-state index contributed by atoms with van der Waals surface area (Å²) < 4.78 is 0. The maximum atomic E-state index is 12.1. The zero-order valence-corrected chi connectivity index (χ0v) is 13.1. The molecule has 0 spiro atoms. The zero-order chi connectivity index (χ0) is 16.2. The van der Waals surface area contributed by atoms with Gasteiger partial charge in [-0.1, -0.05) is 44.2 Å². The molecule has 118 valence electrons. The Kier molecular flexibility index (Phi) is 4.98. The molecule has 0 saturated heterocycles. The number of hydrogen-bond acceptors (Lipinski definition) is 3. The first kappa shape index (κ1) is 16.2. The lowest BCUT2D eigenvalue weighted by atomic mass is 9.71. The molecular weight excluding hydrogens is 276 g/mol. The van der Waals surface area contributed by atoms with E-state index in [9.17, 15) is 4.79 Å². The number of nitrogens with one attached hydrogen (secondary N) is 1. The van der Waals surface area contributed by atoms with Gasteiger partial charge in [-0.15, -0.1) is 0 Å². The highest BCUT2D eigenvalue weighted by atomic mass is 16.1. The SMILES string of the molecule is CC(C)[C@](N)(C(N)=O)C(Cc1ccccc1)Cc1cnc[nH]1. The van der Waals surface area contributed by atoms with Gasteiger partial charge in [-0.3, -0.25) is 4.79 Å². The Morgan fingerprint density at radius 3 is 2.45 bits per heavy atom. The topological polar surface area (TPSA) is 97.8 Å². The van der Waals surface area contributed by atoms with Crippen LogP contribution in [0.25, 0.3) is 0 Å². The number of carbonyl (C=O) groups excluding carboxylic acids is 1. The third-order valence-electron chi connectivity index (χ3n) is 4.40. The van der Waals surface area contributed by atoms with Crippen LogP contribution in [0.15, 0.2) is 42.9 Å². The van der Waals surface area contributed by atoms with Gasteiger partial charge in [0.15, 0.2) is 0 Å². The lowest BCUT2D eigenvalue weighted by Crippen LogP contribution is -2.62. The minimum atomic E-state index is -1.07. The average Bonchev–Trinajstić information content (AvgIpc) is 2.99. The standard InChI is InChI=1S/C17H24N4O/c1-12(2)17(19,16(18)22)14(9-15-10-20-11-21-15)8-13-6-4-3-5-7-13/h3-7,10-12,14H,8-9,19H2,1-2H3,(H2,18,22)(H,20,21)/t14?,17-/m1/s1. The predicted molar refractivity (Wildman–Crippen MR) is 86.9 cm³/mol. The highest BCUT2D eigenvalue weighted by molar-refractivity contribution is 5.85. The summed E-state index contributed by atoms with van der Waals surface area (Å²) >= 11 is 0. The van der Waals surface area contributed by atoms with Crippen LogP contribution in [-0.4, -0.2) is 21.4 Å². The van der Waals surface area contributed by atoms with E-state index in [1.807, 2.05) is 44.2 Å². The molecule has 1 aromatic heterocycles. The Morgan fingerprint density at radius 1 is 1.27 bits per heavy atom. The summed E-state index contributed by atoms with van der Waals surface area (Å²) in [5.41, 5.74) is 13.2. The van der Waals surface area contributed by atoms with Crippen LogP contribution < -0.4 is 11.5 Å². The molecule has 0 saturated carbocycles. The van der Waals surface area contributed by atoms with Gasteiger partial charge in [0, 0.05) is 11.9 Å². The molecule has 1 amide bonds. The van der Waals surface area contributed by atoms with Crippen molar-refractivity contribution < 1.29 is 4.79 Å². The monoisotopic (exact) mass is 300 g/mol. The highest BCUT2D eigenvalue weighted by Crippen LogP contribution is 2.29. The number of nitrogens with two attached hydrogens (primary N) is 2. The van der Waals surface area contributed by atoms with Crippen molar-refractivity contribution >= 4 is 5.91 Å². The number of rotatable bonds is 7. The summed E-state index contributed by atoms with van der Waals surface area (Å²) in [6, 6.07) is 10.0. The third-order valence-corrected chi connectivity index (χ3v) is 4.40. The van der Waals surface area contributed by atoms with Crippen molar-refractivity contribution in [3.8, 4) is 0 Å². The zero-order valence-electron chi connectivity index (χ0n) is 13.1. The number of aromatic nitrogens is 2. The maximum absolute atomic E-state index is 12.1. The van der Waals surface area contributed by atoms with Gasteiger partial charge in [0.25, 0.3) is 0 Å². The maximum Gasteiger partial charge on any atom is 0.238 e. The summed E-state index contributed by atoms with van der Waals surface area (Å²) in [6.07, 6.45) is 4.72. The van der Waals surface area contributed by atoms with E-state index in [4.69, 9.17) is 11.5 Å². The van der Waals surface area contributed by atoms with Crippen LogP contribution in [0, 0.1) is 11.8 Å². The van der Waals surface area contributed by atoms with Crippen molar-refractivity contribution in [3.05, 3.63) is 54.1 Å². The molecule has 5 nitrogen and oxygen atoms in total. The molecule has 1 aromatic carbocycles. The summed E-state index contributed by atoms with van der Waals surface area (Å²) in [6.45, 7) is 3.88. The van der Waals surface area contributed by atoms with E-state index in [1.54, 1.807) is 12.5 Å². The van der Waals surface area contributed by atoms with Crippen LogP contribution >= 0.6 is 0 Å². The second-order valence-electron chi connectivity index (χ2n) is 6.12.